The number of ether oxygens (including phenoxy) is 2. The minimum Gasteiger partial charge on any atom is -0.504 e. The molecular weight excluding hydrogens is 394 g/mol. The molecule has 1 unspecified atom stereocenters. The van der Waals surface area contributed by atoms with Crippen LogP contribution in [0.1, 0.15) is 43.0 Å². The van der Waals surface area contributed by atoms with Crippen LogP contribution in [-0.2, 0) is 27.2 Å². The van der Waals surface area contributed by atoms with Crippen LogP contribution >= 0.6 is 0 Å². The van der Waals surface area contributed by atoms with Crippen molar-refractivity contribution >= 4 is 11.9 Å². The molecule has 1 amide bonds. The molecular formula is C25H33NO5. The summed E-state index contributed by atoms with van der Waals surface area (Å²) in [6, 6.07) is 10.7. The highest BCUT2D eigenvalue weighted by molar-refractivity contribution is 5.79. The third-order valence-corrected chi connectivity index (χ3v) is 5.25. The molecule has 0 saturated heterocycles. The Balaban J connectivity index is 1.84. The molecule has 2 aromatic carbocycles. The van der Waals surface area contributed by atoms with Crippen LogP contribution in [0.15, 0.2) is 36.4 Å². The highest BCUT2D eigenvalue weighted by Crippen LogP contribution is 2.27. The van der Waals surface area contributed by atoms with E-state index >= 15 is 0 Å². The van der Waals surface area contributed by atoms with Crippen molar-refractivity contribution in [2.75, 3.05) is 13.7 Å². The molecule has 2 N–H and O–H groups in total. The van der Waals surface area contributed by atoms with Crippen molar-refractivity contribution in [3.05, 3.63) is 58.7 Å². The van der Waals surface area contributed by atoms with E-state index in [-0.39, 0.29) is 36.7 Å². The van der Waals surface area contributed by atoms with Gasteiger partial charge in [0.05, 0.1) is 25.0 Å². The number of esters is 1. The van der Waals surface area contributed by atoms with E-state index in [0.29, 0.717) is 17.7 Å². The largest absolute Gasteiger partial charge is 0.504 e. The van der Waals surface area contributed by atoms with Gasteiger partial charge in [0, 0.05) is 0 Å². The number of rotatable bonds is 9. The van der Waals surface area contributed by atoms with Crippen LogP contribution < -0.4 is 10.1 Å². The average molecular weight is 428 g/mol. The lowest BCUT2D eigenvalue weighted by atomic mass is 9.85. The van der Waals surface area contributed by atoms with Gasteiger partial charge in [-0.3, -0.25) is 9.59 Å². The molecule has 0 heterocycles. The molecule has 6 nitrogen and oxygen atoms in total. The zero-order valence-corrected chi connectivity index (χ0v) is 19.2. The second-order valence-electron chi connectivity index (χ2n) is 8.73. The summed E-state index contributed by atoms with van der Waals surface area (Å²) < 4.78 is 10.6. The number of hydrogen-bond donors (Lipinski definition) is 2. The molecule has 6 heteroatoms. The van der Waals surface area contributed by atoms with Crippen molar-refractivity contribution in [1.82, 2.24) is 5.32 Å². The van der Waals surface area contributed by atoms with Crippen molar-refractivity contribution in [2.45, 2.75) is 53.5 Å². The molecule has 2 rings (SSSR count). The number of carbonyl (C=O) groups is 2. The zero-order chi connectivity index (χ0) is 23.2. The van der Waals surface area contributed by atoms with E-state index in [2.05, 4.69) is 31.3 Å². The second kappa shape index (κ2) is 10.3. The van der Waals surface area contributed by atoms with Crippen molar-refractivity contribution in [1.29, 1.82) is 0 Å². The molecule has 0 spiro atoms. The third-order valence-electron chi connectivity index (χ3n) is 5.25. The van der Waals surface area contributed by atoms with Crippen LogP contribution in [0.25, 0.3) is 0 Å². The molecule has 0 fully saturated rings. The van der Waals surface area contributed by atoms with Crippen LogP contribution in [-0.4, -0.2) is 36.7 Å². The van der Waals surface area contributed by atoms with Gasteiger partial charge in [0.2, 0.25) is 5.91 Å². The van der Waals surface area contributed by atoms with Crippen molar-refractivity contribution in [2.24, 2.45) is 5.41 Å². The third kappa shape index (κ3) is 7.02. The molecule has 0 aromatic heterocycles. The fourth-order valence-corrected chi connectivity index (χ4v) is 3.28. The Morgan fingerprint density at radius 1 is 1.06 bits per heavy atom. The minimum absolute atomic E-state index is 0.0235. The molecule has 0 aliphatic heterocycles. The Kier molecular flexibility index (Phi) is 8.08. The summed E-state index contributed by atoms with van der Waals surface area (Å²) in [6.07, 6.45) is 0.712. The monoisotopic (exact) mass is 427 g/mol. The first-order chi connectivity index (χ1) is 14.5. The first-order valence-electron chi connectivity index (χ1n) is 10.4. The van der Waals surface area contributed by atoms with E-state index in [9.17, 15) is 14.7 Å². The summed E-state index contributed by atoms with van der Waals surface area (Å²) in [6.45, 7) is 9.74. The van der Waals surface area contributed by atoms with E-state index in [1.54, 1.807) is 19.1 Å². The summed E-state index contributed by atoms with van der Waals surface area (Å²) in [4.78, 5) is 24.9. The highest BCUT2D eigenvalue weighted by Gasteiger charge is 2.30. The minimum atomic E-state index is -0.673. The first-order valence-corrected chi connectivity index (χ1v) is 10.4. The van der Waals surface area contributed by atoms with Gasteiger partial charge in [-0.15, -0.1) is 0 Å². The Morgan fingerprint density at radius 2 is 1.74 bits per heavy atom. The first kappa shape index (κ1) is 24.3. The van der Waals surface area contributed by atoms with E-state index in [1.807, 2.05) is 19.9 Å². The lowest BCUT2D eigenvalue weighted by Gasteiger charge is -2.24. The fraction of sp³-hybridized carbons (Fsp3) is 0.440. The molecule has 2 aromatic rings. The number of amides is 1. The SMILES string of the molecule is COc1cc(CC(=O)NC(C)COC(=O)C(C)(C)Cc2ccc(C)c(C)c2)ccc1O. The quantitative estimate of drug-likeness (QED) is 0.594. The molecule has 0 aliphatic carbocycles. The standard InChI is InChI=1S/C25H33NO5/c1-16-7-8-20(11-17(16)2)14-25(4,5)24(29)31-15-18(3)26-23(28)13-19-9-10-21(27)22(12-19)30-6/h7-12,18,27H,13-15H2,1-6H3,(H,26,28). The van der Waals surface area contributed by atoms with Crippen LogP contribution in [0.4, 0.5) is 0 Å². The van der Waals surface area contributed by atoms with Gasteiger partial charge in [-0.25, -0.2) is 0 Å². The normalized spacial score (nSPS) is 12.2. The number of phenolic OH excluding ortho intramolecular Hbond substituents is 1. The van der Waals surface area contributed by atoms with Gasteiger partial charge >= 0.3 is 5.97 Å². The van der Waals surface area contributed by atoms with Crippen LogP contribution in [0, 0.1) is 19.3 Å². The van der Waals surface area contributed by atoms with E-state index in [0.717, 1.165) is 5.56 Å². The molecule has 0 radical (unpaired) electrons. The summed E-state index contributed by atoms with van der Waals surface area (Å²) in [5.41, 5.74) is 3.55. The number of methoxy groups -OCH3 is 1. The van der Waals surface area contributed by atoms with Gasteiger partial charge in [-0.1, -0.05) is 24.3 Å². The van der Waals surface area contributed by atoms with Gasteiger partial charge in [0.15, 0.2) is 11.5 Å². The predicted octanol–water partition coefficient (Wildman–Crippen LogP) is 3.88. The summed E-state index contributed by atoms with van der Waals surface area (Å²) in [5.74, 6) is -0.158. The maximum Gasteiger partial charge on any atom is 0.311 e. The van der Waals surface area contributed by atoms with Gasteiger partial charge in [0.25, 0.3) is 0 Å². The molecule has 1 atom stereocenters. The van der Waals surface area contributed by atoms with E-state index < -0.39 is 5.41 Å². The number of carbonyl (C=O) groups excluding carboxylic acids is 2. The summed E-state index contributed by atoms with van der Waals surface area (Å²) in [7, 11) is 1.46. The van der Waals surface area contributed by atoms with E-state index in [4.69, 9.17) is 9.47 Å². The van der Waals surface area contributed by atoms with Crippen LogP contribution in [0.3, 0.4) is 0 Å². The smallest absolute Gasteiger partial charge is 0.311 e. The van der Waals surface area contributed by atoms with Crippen molar-refractivity contribution in [3.63, 3.8) is 0 Å². The molecule has 31 heavy (non-hydrogen) atoms. The topological polar surface area (TPSA) is 84.9 Å². The molecule has 168 valence electrons. The zero-order valence-electron chi connectivity index (χ0n) is 19.2. The number of phenols is 1. The number of benzene rings is 2. The lowest BCUT2D eigenvalue weighted by molar-refractivity contribution is -0.155. The number of aryl methyl sites for hydroxylation is 2. The van der Waals surface area contributed by atoms with Crippen LogP contribution in [0.5, 0.6) is 11.5 Å². The predicted molar refractivity (Wildman–Crippen MR) is 120 cm³/mol. The number of nitrogens with one attached hydrogen (secondary N) is 1. The van der Waals surface area contributed by atoms with Crippen LogP contribution in [0.2, 0.25) is 0 Å². The van der Waals surface area contributed by atoms with Gasteiger partial charge in [-0.2, -0.15) is 0 Å². The molecule has 0 bridgehead atoms. The lowest BCUT2D eigenvalue weighted by Crippen LogP contribution is -2.39. The maximum absolute atomic E-state index is 12.6. The maximum atomic E-state index is 12.6. The van der Waals surface area contributed by atoms with Gasteiger partial charge in [-0.05, 0) is 75.4 Å². The Morgan fingerprint density at radius 3 is 2.39 bits per heavy atom. The highest BCUT2D eigenvalue weighted by atomic mass is 16.5. The van der Waals surface area contributed by atoms with Crippen molar-refractivity contribution in [3.8, 4) is 11.5 Å². The Labute approximate surface area is 184 Å². The van der Waals surface area contributed by atoms with Gasteiger partial charge in [0.1, 0.15) is 6.61 Å². The van der Waals surface area contributed by atoms with Crippen molar-refractivity contribution < 1.29 is 24.2 Å². The summed E-state index contributed by atoms with van der Waals surface area (Å²) in [5, 5.41) is 12.5. The van der Waals surface area contributed by atoms with E-state index in [1.165, 1.54) is 24.3 Å². The Bertz CT molecular complexity index is 936. The molecule has 0 saturated carbocycles. The van der Waals surface area contributed by atoms with Gasteiger partial charge < -0.3 is 19.9 Å². The second-order valence-corrected chi connectivity index (χ2v) is 8.73. The summed E-state index contributed by atoms with van der Waals surface area (Å²) >= 11 is 0. The average Bonchev–Trinajstić information content (AvgIpc) is 2.70. The Hall–Kier alpha value is -3.02. The number of aromatic hydroxyl groups is 1. The number of hydrogen-bond acceptors (Lipinski definition) is 5. The fourth-order valence-electron chi connectivity index (χ4n) is 3.28. The molecule has 0 aliphatic rings.